The molecule has 0 saturated heterocycles. The maximum Gasteiger partial charge on any atom is 0.241 e. The van der Waals surface area contributed by atoms with Gasteiger partial charge in [-0.15, -0.1) is 0 Å². The second kappa shape index (κ2) is 6.64. The van der Waals surface area contributed by atoms with Gasteiger partial charge in [0.1, 0.15) is 0 Å². The zero-order valence-electron chi connectivity index (χ0n) is 12.8. The Morgan fingerprint density at radius 2 is 1.95 bits per heavy atom. The van der Waals surface area contributed by atoms with Gasteiger partial charge in [-0.25, -0.2) is 13.1 Å². The molecule has 1 atom stereocenters. The minimum atomic E-state index is -3.71. The molecule has 0 spiro atoms. The minimum Gasteiger partial charge on any atom is -0.398 e. The first-order chi connectivity index (χ1) is 9.49. The van der Waals surface area contributed by atoms with Crippen LogP contribution < -0.4 is 10.5 Å². The maximum atomic E-state index is 12.6. The van der Waals surface area contributed by atoms with Crippen LogP contribution in [0.3, 0.4) is 0 Å². The Labute approximate surface area is 135 Å². The lowest BCUT2D eigenvalue weighted by atomic mass is 9.86. The molecule has 5 nitrogen and oxygen atoms in total. The number of benzene rings is 1. The second-order valence-electron chi connectivity index (χ2n) is 6.17. The summed E-state index contributed by atoms with van der Waals surface area (Å²) >= 11 is 3.26. The van der Waals surface area contributed by atoms with Crippen LogP contribution in [-0.2, 0) is 10.0 Å². The summed E-state index contributed by atoms with van der Waals surface area (Å²) in [6, 6.07) is 2.84. The van der Waals surface area contributed by atoms with Crippen molar-refractivity contribution in [1.29, 1.82) is 0 Å². The van der Waals surface area contributed by atoms with Crippen molar-refractivity contribution in [3.05, 3.63) is 22.2 Å². The zero-order chi connectivity index (χ0) is 16.4. The summed E-state index contributed by atoms with van der Waals surface area (Å²) in [5.41, 5.74) is 6.46. The van der Waals surface area contributed by atoms with E-state index in [1.165, 1.54) is 6.07 Å². The molecule has 1 aromatic rings. The van der Waals surface area contributed by atoms with Crippen LogP contribution in [0.1, 0.15) is 32.8 Å². The molecule has 0 bridgehead atoms. The molecule has 0 aliphatic heterocycles. The van der Waals surface area contributed by atoms with E-state index in [2.05, 4.69) is 20.7 Å². The van der Waals surface area contributed by atoms with Gasteiger partial charge in [0.2, 0.25) is 10.0 Å². The average molecular weight is 379 g/mol. The Balaban J connectivity index is 3.23. The Morgan fingerprint density at radius 1 is 1.38 bits per heavy atom. The largest absolute Gasteiger partial charge is 0.398 e. The van der Waals surface area contributed by atoms with Crippen molar-refractivity contribution < 1.29 is 13.5 Å². The Kier molecular flexibility index (Phi) is 5.83. The molecule has 0 aromatic heterocycles. The fraction of sp³-hybridized carbons (Fsp3) is 0.571. The molecule has 21 heavy (non-hydrogen) atoms. The molecule has 0 saturated carbocycles. The van der Waals surface area contributed by atoms with Crippen LogP contribution in [0.15, 0.2) is 21.5 Å². The van der Waals surface area contributed by atoms with E-state index in [9.17, 15) is 8.42 Å². The number of sulfonamides is 1. The number of nitrogens with two attached hydrogens (primary N) is 1. The Bertz CT molecular complexity index is 609. The van der Waals surface area contributed by atoms with Crippen molar-refractivity contribution in [2.45, 2.75) is 45.1 Å². The van der Waals surface area contributed by atoms with E-state index in [0.717, 1.165) is 0 Å². The first-order valence-corrected chi connectivity index (χ1v) is 8.95. The predicted molar refractivity (Wildman–Crippen MR) is 88.6 cm³/mol. The Morgan fingerprint density at radius 3 is 2.43 bits per heavy atom. The van der Waals surface area contributed by atoms with Crippen LogP contribution in [0.4, 0.5) is 5.69 Å². The SMILES string of the molecule is Cc1c(N)cc(Br)cc1S(=O)(=O)NC(CCO)C(C)(C)C. The number of aliphatic hydroxyl groups excluding tert-OH is 1. The molecule has 120 valence electrons. The van der Waals surface area contributed by atoms with Crippen LogP contribution >= 0.6 is 15.9 Å². The van der Waals surface area contributed by atoms with Gasteiger partial charge in [0, 0.05) is 22.8 Å². The summed E-state index contributed by atoms with van der Waals surface area (Å²) < 4.78 is 28.5. The molecular weight excluding hydrogens is 356 g/mol. The molecule has 0 fully saturated rings. The number of nitrogens with one attached hydrogen (secondary N) is 1. The van der Waals surface area contributed by atoms with Crippen LogP contribution in [0, 0.1) is 12.3 Å². The molecule has 1 unspecified atom stereocenters. The third-order valence-corrected chi connectivity index (χ3v) is 5.47. The van der Waals surface area contributed by atoms with E-state index in [4.69, 9.17) is 10.8 Å². The highest BCUT2D eigenvalue weighted by molar-refractivity contribution is 9.10. The molecule has 0 amide bonds. The summed E-state index contributed by atoms with van der Waals surface area (Å²) in [6.45, 7) is 7.38. The van der Waals surface area contributed by atoms with Crippen LogP contribution in [0.2, 0.25) is 0 Å². The van der Waals surface area contributed by atoms with Crippen molar-refractivity contribution in [1.82, 2.24) is 4.72 Å². The van der Waals surface area contributed by atoms with Gasteiger partial charge in [-0.1, -0.05) is 36.7 Å². The van der Waals surface area contributed by atoms with Gasteiger partial charge in [0.15, 0.2) is 0 Å². The van der Waals surface area contributed by atoms with Gasteiger partial charge >= 0.3 is 0 Å². The molecule has 0 aliphatic rings. The van der Waals surface area contributed by atoms with Crippen LogP contribution in [0.5, 0.6) is 0 Å². The van der Waals surface area contributed by atoms with Crippen molar-refractivity contribution in [3.63, 3.8) is 0 Å². The lowest BCUT2D eigenvalue weighted by Crippen LogP contribution is -2.44. The highest BCUT2D eigenvalue weighted by atomic mass is 79.9. The van der Waals surface area contributed by atoms with E-state index in [-0.39, 0.29) is 23.0 Å². The van der Waals surface area contributed by atoms with Crippen molar-refractivity contribution in [3.8, 4) is 0 Å². The summed E-state index contributed by atoms with van der Waals surface area (Å²) in [7, 11) is -3.71. The molecule has 4 N–H and O–H groups in total. The van der Waals surface area contributed by atoms with Crippen molar-refractivity contribution in [2.24, 2.45) is 5.41 Å². The third-order valence-electron chi connectivity index (χ3n) is 3.42. The second-order valence-corrected chi connectivity index (χ2v) is 8.77. The molecule has 1 aromatic carbocycles. The fourth-order valence-corrected chi connectivity index (χ4v) is 4.40. The maximum absolute atomic E-state index is 12.6. The number of aliphatic hydroxyl groups is 1. The summed E-state index contributed by atoms with van der Waals surface area (Å²) in [6.07, 6.45) is 0.352. The normalized spacial score (nSPS) is 14.2. The third kappa shape index (κ3) is 4.67. The van der Waals surface area contributed by atoms with E-state index >= 15 is 0 Å². The number of nitrogen functional groups attached to an aromatic ring is 1. The first kappa shape index (κ1) is 18.4. The minimum absolute atomic E-state index is 0.0793. The lowest BCUT2D eigenvalue weighted by molar-refractivity contribution is 0.214. The number of rotatable bonds is 5. The van der Waals surface area contributed by atoms with Gasteiger partial charge in [-0.3, -0.25) is 0 Å². The zero-order valence-corrected chi connectivity index (χ0v) is 15.2. The molecular formula is C14H23BrN2O3S. The van der Waals surface area contributed by atoms with Gasteiger partial charge in [-0.05, 0) is 36.5 Å². The standard InChI is InChI=1S/C14H23BrN2O3S/c1-9-11(16)7-10(15)8-12(9)21(19,20)17-13(5-6-18)14(2,3)4/h7-8,13,17-18H,5-6,16H2,1-4H3. The molecule has 0 heterocycles. The highest BCUT2D eigenvalue weighted by Crippen LogP contribution is 2.28. The average Bonchev–Trinajstić information content (AvgIpc) is 2.31. The monoisotopic (exact) mass is 378 g/mol. The summed E-state index contributed by atoms with van der Waals surface area (Å²) in [5.74, 6) is 0. The predicted octanol–water partition coefficient (Wildman–Crippen LogP) is 2.42. The van der Waals surface area contributed by atoms with Gasteiger partial charge in [-0.2, -0.15) is 0 Å². The van der Waals surface area contributed by atoms with Crippen LogP contribution in [0.25, 0.3) is 0 Å². The molecule has 0 radical (unpaired) electrons. The number of halogens is 1. The number of hydrogen-bond donors (Lipinski definition) is 3. The summed E-state index contributed by atoms with van der Waals surface area (Å²) in [5, 5.41) is 9.15. The number of hydrogen-bond acceptors (Lipinski definition) is 4. The van der Waals surface area contributed by atoms with Gasteiger partial charge in [0.25, 0.3) is 0 Å². The van der Waals surface area contributed by atoms with Crippen molar-refractivity contribution in [2.75, 3.05) is 12.3 Å². The van der Waals surface area contributed by atoms with E-state index in [1.807, 2.05) is 20.8 Å². The number of anilines is 1. The lowest BCUT2D eigenvalue weighted by Gasteiger charge is -2.31. The van der Waals surface area contributed by atoms with E-state index in [0.29, 0.717) is 22.1 Å². The summed E-state index contributed by atoms with van der Waals surface area (Å²) in [4.78, 5) is 0.154. The van der Waals surface area contributed by atoms with Gasteiger partial charge in [0.05, 0.1) is 4.90 Å². The first-order valence-electron chi connectivity index (χ1n) is 6.68. The molecule has 1 rings (SSSR count). The fourth-order valence-electron chi connectivity index (χ4n) is 2.00. The Hall–Kier alpha value is -0.630. The quantitative estimate of drug-likeness (QED) is 0.685. The highest BCUT2D eigenvalue weighted by Gasteiger charge is 2.30. The van der Waals surface area contributed by atoms with Crippen LogP contribution in [-0.4, -0.2) is 26.2 Å². The topological polar surface area (TPSA) is 92.4 Å². The van der Waals surface area contributed by atoms with Gasteiger partial charge < -0.3 is 10.8 Å². The smallest absolute Gasteiger partial charge is 0.241 e. The molecule has 0 aliphatic carbocycles. The van der Waals surface area contributed by atoms with E-state index in [1.54, 1.807) is 13.0 Å². The molecule has 7 heteroatoms. The van der Waals surface area contributed by atoms with Crippen molar-refractivity contribution >= 4 is 31.6 Å². The van der Waals surface area contributed by atoms with E-state index < -0.39 is 10.0 Å².